The standard InChI is InChI=1S/C21H44O4S.K/c1-3-5-7-8-9-10-11-12-13-14-15-17-19-21(26(23,24)25)20(22)18-16-6-4-2;/h20-22H,3-19H2,1-2H3,(H,23,24,25);/q;+1/p-1. The molecule has 0 aliphatic rings. The summed E-state index contributed by atoms with van der Waals surface area (Å²) in [6.07, 6.45) is 17.0. The molecule has 0 fully saturated rings. The van der Waals surface area contributed by atoms with Gasteiger partial charge < -0.3 is 9.66 Å². The van der Waals surface area contributed by atoms with Gasteiger partial charge in [-0.3, -0.25) is 0 Å². The van der Waals surface area contributed by atoms with Crippen LogP contribution in [0.15, 0.2) is 0 Å². The van der Waals surface area contributed by atoms with Crippen LogP contribution in [0, 0.1) is 0 Å². The normalized spacial score (nSPS) is 13.9. The molecule has 0 aliphatic heterocycles. The second-order valence-electron chi connectivity index (χ2n) is 7.77. The van der Waals surface area contributed by atoms with Crippen LogP contribution in [0.1, 0.15) is 123 Å². The summed E-state index contributed by atoms with van der Waals surface area (Å²) in [5.41, 5.74) is 0. The molecule has 0 saturated heterocycles. The Morgan fingerprint density at radius 3 is 1.41 bits per heavy atom. The Labute approximate surface area is 211 Å². The Bertz CT molecular complexity index is 401. The van der Waals surface area contributed by atoms with Gasteiger partial charge in [0.1, 0.15) is 10.1 Å². The summed E-state index contributed by atoms with van der Waals surface area (Å²) in [4.78, 5) is 0. The Morgan fingerprint density at radius 2 is 1.00 bits per heavy atom. The first-order chi connectivity index (χ1) is 12.4. The van der Waals surface area contributed by atoms with E-state index in [0.29, 0.717) is 19.3 Å². The van der Waals surface area contributed by atoms with Crippen molar-refractivity contribution in [1.82, 2.24) is 0 Å². The molecule has 4 nitrogen and oxygen atoms in total. The third kappa shape index (κ3) is 19.2. The minimum Gasteiger partial charge on any atom is -0.748 e. The molecule has 0 spiro atoms. The predicted molar refractivity (Wildman–Crippen MR) is 109 cm³/mol. The van der Waals surface area contributed by atoms with Crippen LogP contribution >= 0.6 is 0 Å². The average molecular weight is 431 g/mol. The van der Waals surface area contributed by atoms with Crippen molar-refractivity contribution >= 4 is 10.1 Å². The van der Waals surface area contributed by atoms with Gasteiger partial charge in [-0.2, -0.15) is 0 Å². The Balaban J connectivity index is 0. The van der Waals surface area contributed by atoms with Crippen molar-refractivity contribution in [3.63, 3.8) is 0 Å². The Morgan fingerprint density at radius 1 is 0.667 bits per heavy atom. The van der Waals surface area contributed by atoms with Crippen molar-refractivity contribution in [2.24, 2.45) is 0 Å². The number of aliphatic hydroxyl groups is 1. The van der Waals surface area contributed by atoms with Crippen molar-refractivity contribution in [3.8, 4) is 0 Å². The van der Waals surface area contributed by atoms with E-state index in [1.165, 1.54) is 57.8 Å². The molecule has 0 aromatic carbocycles. The maximum atomic E-state index is 11.4. The molecule has 27 heavy (non-hydrogen) atoms. The molecule has 0 aromatic rings. The van der Waals surface area contributed by atoms with E-state index >= 15 is 0 Å². The first-order valence-corrected chi connectivity index (χ1v) is 12.5. The molecule has 0 rings (SSSR count). The second-order valence-corrected chi connectivity index (χ2v) is 9.36. The van der Waals surface area contributed by atoms with Crippen molar-refractivity contribution in [2.75, 3.05) is 0 Å². The molecular formula is C21H43KO4S. The van der Waals surface area contributed by atoms with Gasteiger partial charge in [0.25, 0.3) is 0 Å². The van der Waals surface area contributed by atoms with Gasteiger partial charge in [0.2, 0.25) is 0 Å². The van der Waals surface area contributed by atoms with Crippen molar-refractivity contribution in [3.05, 3.63) is 0 Å². The van der Waals surface area contributed by atoms with E-state index in [4.69, 9.17) is 0 Å². The molecule has 1 N–H and O–H groups in total. The molecule has 2 unspecified atom stereocenters. The van der Waals surface area contributed by atoms with Gasteiger partial charge in [0, 0.05) is 0 Å². The number of hydrogen-bond donors (Lipinski definition) is 1. The summed E-state index contributed by atoms with van der Waals surface area (Å²) < 4.78 is 34.3. The maximum absolute atomic E-state index is 11.4. The fraction of sp³-hybridized carbons (Fsp3) is 1.00. The number of hydrogen-bond acceptors (Lipinski definition) is 4. The minimum atomic E-state index is -4.42. The van der Waals surface area contributed by atoms with Crippen LogP contribution in [0.4, 0.5) is 0 Å². The molecule has 2 atom stereocenters. The van der Waals surface area contributed by atoms with Gasteiger partial charge in [0.15, 0.2) is 0 Å². The number of unbranched alkanes of at least 4 members (excludes halogenated alkanes) is 13. The molecule has 0 heterocycles. The van der Waals surface area contributed by atoms with E-state index in [1.807, 2.05) is 0 Å². The number of rotatable bonds is 19. The van der Waals surface area contributed by atoms with Crippen molar-refractivity contribution in [1.29, 1.82) is 0 Å². The number of aliphatic hydroxyl groups excluding tert-OH is 1. The van der Waals surface area contributed by atoms with Gasteiger partial charge in [-0.15, -0.1) is 0 Å². The summed E-state index contributed by atoms with van der Waals surface area (Å²) in [5, 5.41) is 8.95. The van der Waals surface area contributed by atoms with Gasteiger partial charge in [-0.1, -0.05) is 110 Å². The van der Waals surface area contributed by atoms with Gasteiger partial charge in [-0.25, -0.2) is 8.42 Å². The van der Waals surface area contributed by atoms with Crippen molar-refractivity contribution < 1.29 is 69.5 Å². The summed E-state index contributed by atoms with van der Waals surface area (Å²) >= 11 is 0. The van der Waals surface area contributed by atoms with E-state index in [9.17, 15) is 18.1 Å². The molecule has 6 heteroatoms. The Hall–Kier alpha value is 1.51. The van der Waals surface area contributed by atoms with Crippen LogP contribution in [0.5, 0.6) is 0 Å². The monoisotopic (exact) mass is 430 g/mol. The summed E-state index contributed by atoms with van der Waals surface area (Å²) in [5.74, 6) is 0. The van der Waals surface area contributed by atoms with E-state index in [1.54, 1.807) is 0 Å². The molecule has 0 aromatic heterocycles. The fourth-order valence-electron chi connectivity index (χ4n) is 3.50. The maximum Gasteiger partial charge on any atom is 1.00 e. The van der Waals surface area contributed by atoms with E-state index in [2.05, 4.69) is 13.8 Å². The van der Waals surface area contributed by atoms with Crippen LogP contribution < -0.4 is 51.4 Å². The molecule has 0 saturated carbocycles. The van der Waals surface area contributed by atoms with E-state index in [-0.39, 0.29) is 51.4 Å². The smallest absolute Gasteiger partial charge is 0.748 e. The summed E-state index contributed by atoms with van der Waals surface area (Å²) in [6.45, 7) is 4.29. The SMILES string of the molecule is CCCCCCCCCCCCCCC(C(O)CCCCC)S(=O)(=O)[O-].[K+]. The third-order valence-corrected chi connectivity index (χ3v) is 6.54. The zero-order valence-electron chi connectivity index (χ0n) is 18.3. The van der Waals surface area contributed by atoms with Crippen LogP contribution in [0.25, 0.3) is 0 Å². The quantitative estimate of drug-likeness (QED) is 0.194. The largest absolute Gasteiger partial charge is 1.00 e. The first-order valence-electron chi connectivity index (χ1n) is 11.1. The molecule has 0 radical (unpaired) electrons. The first kappa shape index (κ1) is 30.7. The minimum absolute atomic E-state index is 0. The van der Waals surface area contributed by atoms with Gasteiger partial charge >= 0.3 is 51.4 Å². The molecule has 0 amide bonds. The molecular weight excluding hydrogens is 387 g/mol. The predicted octanol–water partition coefficient (Wildman–Crippen LogP) is 2.94. The van der Waals surface area contributed by atoms with Gasteiger partial charge in [-0.05, 0) is 12.8 Å². The summed E-state index contributed by atoms with van der Waals surface area (Å²) in [7, 11) is -4.42. The molecule has 0 aliphatic carbocycles. The van der Waals surface area contributed by atoms with Crippen LogP contribution in [-0.2, 0) is 10.1 Å². The molecule has 158 valence electrons. The average Bonchev–Trinajstić information content (AvgIpc) is 2.58. The van der Waals surface area contributed by atoms with Crippen molar-refractivity contribution in [2.45, 2.75) is 134 Å². The zero-order valence-corrected chi connectivity index (χ0v) is 22.2. The van der Waals surface area contributed by atoms with E-state index in [0.717, 1.165) is 32.1 Å². The fourth-order valence-corrected chi connectivity index (χ4v) is 4.48. The van der Waals surface area contributed by atoms with Crippen LogP contribution in [-0.4, -0.2) is 29.4 Å². The zero-order chi connectivity index (χ0) is 19.7. The van der Waals surface area contributed by atoms with Crippen LogP contribution in [0.2, 0.25) is 0 Å². The third-order valence-electron chi connectivity index (χ3n) is 5.25. The van der Waals surface area contributed by atoms with Gasteiger partial charge in [0.05, 0.1) is 11.4 Å². The van der Waals surface area contributed by atoms with E-state index < -0.39 is 21.5 Å². The molecule has 0 bridgehead atoms. The topological polar surface area (TPSA) is 77.4 Å². The van der Waals surface area contributed by atoms with Crippen LogP contribution in [0.3, 0.4) is 0 Å². The second kappa shape index (κ2) is 20.8. The Kier molecular flexibility index (Phi) is 23.6. The summed E-state index contributed by atoms with van der Waals surface area (Å²) in [6, 6.07) is 0.